The first-order valence-electron chi connectivity index (χ1n) is 13.6. The number of piperidine rings is 1. The zero-order chi connectivity index (χ0) is 26.5. The highest BCUT2D eigenvalue weighted by Crippen LogP contribution is 2.36. The summed E-state index contributed by atoms with van der Waals surface area (Å²) in [6, 6.07) is 5.52. The number of hydrogen-bond donors (Lipinski definition) is 1. The van der Waals surface area contributed by atoms with E-state index in [1.165, 1.54) is 17.6 Å². The van der Waals surface area contributed by atoms with Crippen LogP contribution >= 0.6 is 23.2 Å². The summed E-state index contributed by atoms with van der Waals surface area (Å²) in [5.74, 6) is 1.32. The lowest BCUT2D eigenvalue weighted by atomic mass is 9.95. The molecular weight excluding hydrogens is 507 g/mol. The van der Waals surface area contributed by atoms with Gasteiger partial charge in [-0.15, -0.1) is 0 Å². The number of carbonyl (C=O) groups excluding carboxylic acids is 1. The van der Waals surface area contributed by atoms with Gasteiger partial charge >= 0.3 is 0 Å². The third kappa shape index (κ3) is 6.59. The van der Waals surface area contributed by atoms with Gasteiger partial charge in [-0.25, -0.2) is 4.99 Å². The molecular formula is C29H40Cl2N4O2. The smallest absolute Gasteiger partial charge is 0.231 e. The molecule has 37 heavy (non-hydrogen) atoms. The van der Waals surface area contributed by atoms with Gasteiger partial charge in [-0.2, -0.15) is 0 Å². The van der Waals surface area contributed by atoms with Gasteiger partial charge in [-0.05, 0) is 61.3 Å². The summed E-state index contributed by atoms with van der Waals surface area (Å²) in [6.07, 6.45) is 6.23. The fourth-order valence-corrected chi connectivity index (χ4v) is 6.25. The maximum Gasteiger partial charge on any atom is 0.231 e. The van der Waals surface area contributed by atoms with E-state index in [9.17, 15) is 9.90 Å². The number of rotatable bonds is 7. The minimum absolute atomic E-state index is 0.120. The van der Waals surface area contributed by atoms with Crippen LogP contribution in [0.1, 0.15) is 57.4 Å². The van der Waals surface area contributed by atoms with Gasteiger partial charge in [0.15, 0.2) is 0 Å². The molecule has 2 fully saturated rings. The van der Waals surface area contributed by atoms with Crippen LogP contribution in [0.25, 0.3) is 0 Å². The Bertz CT molecular complexity index is 1040. The summed E-state index contributed by atoms with van der Waals surface area (Å²) >= 11 is 12.5. The molecule has 0 bridgehead atoms. The second kappa shape index (κ2) is 12.8. The monoisotopic (exact) mass is 546 g/mol. The summed E-state index contributed by atoms with van der Waals surface area (Å²) in [4.78, 5) is 25.3. The van der Waals surface area contributed by atoms with Gasteiger partial charge in [0, 0.05) is 52.0 Å². The molecule has 4 rings (SSSR count). The average Bonchev–Trinajstić information content (AvgIpc) is 3.28. The number of allylic oxidation sites excluding steroid dienone is 1. The van der Waals surface area contributed by atoms with Crippen molar-refractivity contribution in [2.45, 2.75) is 58.0 Å². The molecule has 2 heterocycles. The van der Waals surface area contributed by atoms with Gasteiger partial charge in [0.2, 0.25) is 5.91 Å². The molecule has 2 aliphatic heterocycles. The summed E-state index contributed by atoms with van der Waals surface area (Å²) in [5.41, 5.74) is 3.76. The zero-order valence-electron chi connectivity index (χ0n) is 22.1. The van der Waals surface area contributed by atoms with Crippen LogP contribution in [0.4, 0.5) is 0 Å². The van der Waals surface area contributed by atoms with Crippen LogP contribution in [0.15, 0.2) is 47.1 Å². The van der Waals surface area contributed by atoms with Gasteiger partial charge in [0.05, 0.1) is 22.1 Å². The molecule has 3 aliphatic rings. The van der Waals surface area contributed by atoms with Crippen LogP contribution in [0.5, 0.6) is 0 Å². The van der Waals surface area contributed by atoms with Crippen molar-refractivity contribution in [1.29, 1.82) is 0 Å². The second-order valence-corrected chi connectivity index (χ2v) is 11.3. The zero-order valence-corrected chi connectivity index (χ0v) is 23.6. The molecule has 1 aromatic rings. The average molecular weight is 548 g/mol. The first-order chi connectivity index (χ1) is 17.8. The molecule has 202 valence electrons. The van der Waals surface area contributed by atoms with Crippen molar-refractivity contribution >= 4 is 34.9 Å². The molecule has 1 amide bonds. The molecule has 1 aromatic carbocycles. The van der Waals surface area contributed by atoms with E-state index in [0.717, 1.165) is 63.3 Å². The Morgan fingerprint density at radius 1 is 1.11 bits per heavy atom. The van der Waals surface area contributed by atoms with Crippen LogP contribution in [-0.2, 0) is 4.79 Å². The molecule has 8 heteroatoms. The van der Waals surface area contributed by atoms with Crippen molar-refractivity contribution in [2.24, 2.45) is 10.9 Å². The molecule has 0 spiro atoms. The SMILES string of the molecule is C=C/N=C(\C1=C(CC)CC[C@H]1C)N1CCN(C(=O)[C@@H](CN2CCC(O)CC2)c2ccc(Cl)c(Cl)c2)CC1. The molecule has 1 aliphatic carbocycles. The van der Waals surface area contributed by atoms with E-state index in [2.05, 4.69) is 30.2 Å². The Morgan fingerprint density at radius 2 is 1.78 bits per heavy atom. The van der Waals surface area contributed by atoms with E-state index in [0.29, 0.717) is 35.6 Å². The maximum atomic E-state index is 13.9. The normalized spacial score (nSPS) is 23.1. The molecule has 0 saturated carbocycles. The fourth-order valence-electron chi connectivity index (χ4n) is 5.95. The molecule has 2 saturated heterocycles. The van der Waals surface area contributed by atoms with E-state index in [1.807, 2.05) is 17.0 Å². The minimum Gasteiger partial charge on any atom is -0.393 e. The highest BCUT2D eigenvalue weighted by Gasteiger charge is 2.34. The van der Waals surface area contributed by atoms with E-state index >= 15 is 0 Å². The van der Waals surface area contributed by atoms with Gasteiger partial charge in [-0.3, -0.25) is 4.79 Å². The highest BCUT2D eigenvalue weighted by molar-refractivity contribution is 6.42. The topological polar surface area (TPSA) is 59.4 Å². The number of likely N-dealkylation sites (tertiary alicyclic amines) is 1. The van der Waals surface area contributed by atoms with E-state index in [-0.39, 0.29) is 17.9 Å². The third-order valence-corrected chi connectivity index (χ3v) is 8.91. The van der Waals surface area contributed by atoms with E-state index in [1.54, 1.807) is 12.3 Å². The predicted molar refractivity (Wildman–Crippen MR) is 152 cm³/mol. The van der Waals surface area contributed by atoms with Crippen molar-refractivity contribution in [3.8, 4) is 0 Å². The fraction of sp³-hybridized carbons (Fsp3) is 0.586. The Balaban J connectivity index is 1.50. The molecule has 0 radical (unpaired) electrons. The number of amides is 1. The van der Waals surface area contributed by atoms with Gasteiger partial charge in [0.1, 0.15) is 5.84 Å². The number of carbonyl (C=O) groups is 1. The Morgan fingerprint density at radius 3 is 2.41 bits per heavy atom. The summed E-state index contributed by atoms with van der Waals surface area (Å²) in [5, 5.41) is 10.9. The third-order valence-electron chi connectivity index (χ3n) is 8.17. The summed E-state index contributed by atoms with van der Waals surface area (Å²) in [7, 11) is 0. The van der Waals surface area contributed by atoms with Crippen LogP contribution in [-0.4, -0.2) is 83.5 Å². The number of aliphatic imine (C=N–C) groups is 1. The number of halogens is 2. The molecule has 2 atom stereocenters. The molecule has 0 aromatic heterocycles. The lowest BCUT2D eigenvalue weighted by molar-refractivity contribution is -0.134. The minimum atomic E-state index is -0.331. The second-order valence-electron chi connectivity index (χ2n) is 10.5. The van der Waals surface area contributed by atoms with Gasteiger partial charge in [0.25, 0.3) is 0 Å². The van der Waals surface area contributed by atoms with Crippen LogP contribution in [0.2, 0.25) is 10.0 Å². The van der Waals surface area contributed by atoms with E-state index < -0.39 is 0 Å². The lowest BCUT2D eigenvalue weighted by Crippen LogP contribution is -2.53. The number of amidine groups is 1. The van der Waals surface area contributed by atoms with Crippen LogP contribution in [0.3, 0.4) is 0 Å². The number of aliphatic hydroxyl groups excluding tert-OH is 1. The van der Waals surface area contributed by atoms with Crippen molar-refractivity contribution in [3.63, 3.8) is 0 Å². The number of hydrogen-bond acceptors (Lipinski definition) is 4. The first-order valence-corrected chi connectivity index (χ1v) is 14.4. The van der Waals surface area contributed by atoms with Gasteiger partial charge < -0.3 is 19.8 Å². The quantitative estimate of drug-likeness (QED) is 0.369. The van der Waals surface area contributed by atoms with Crippen LogP contribution < -0.4 is 0 Å². The molecule has 0 unspecified atom stereocenters. The van der Waals surface area contributed by atoms with Crippen molar-refractivity contribution in [1.82, 2.24) is 14.7 Å². The number of piperazine rings is 1. The standard InChI is InChI=1S/C29H40Cl2N4O2/c1-4-21-7-6-20(3)27(21)28(32-5-2)34-14-16-35(17-15-34)29(37)24(19-33-12-10-23(36)11-13-33)22-8-9-25(30)26(31)18-22/h5,8-9,18,20,23-24,36H,2,4,6-7,10-17,19H2,1,3H3/b32-28+/t20-,24+/m1/s1. The number of benzene rings is 1. The van der Waals surface area contributed by atoms with Crippen molar-refractivity contribution in [2.75, 3.05) is 45.8 Å². The number of aliphatic hydroxyl groups is 1. The summed E-state index contributed by atoms with van der Waals surface area (Å²) in [6.45, 7) is 13.4. The van der Waals surface area contributed by atoms with E-state index in [4.69, 9.17) is 28.2 Å². The summed E-state index contributed by atoms with van der Waals surface area (Å²) < 4.78 is 0. The highest BCUT2D eigenvalue weighted by atomic mass is 35.5. The Hall–Kier alpha value is -1.86. The lowest BCUT2D eigenvalue weighted by Gasteiger charge is -2.40. The Labute approximate surface area is 231 Å². The first kappa shape index (κ1) is 28.2. The largest absolute Gasteiger partial charge is 0.393 e. The Kier molecular flexibility index (Phi) is 9.73. The predicted octanol–water partition coefficient (Wildman–Crippen LogP) is 5.36. The van der Waals surface area contributed by atoms with Crippen LogP contribution in [0, 0.1) is 5.92 Å². The van der Waals surface area contributed by atoms with Crippen molar-refractivity contribution < 1.29 is 9.90 Å². The maximum absolute atomic E-state index is 13.9. The molecule has 1 N–H and O–H groups in total. The van der Waals surface area contributed by atoms with Crippen molar-refractivity contribution in [3.05, 3.63) is 57.7 Å². The van der Waals surface area contributed by atoms with Gasteiger partial charge in [-0.1, -0.05) is 55.3 Å². The molecule has 6 nitrogen and oxygen atoms in total. The number of nitrogens with zero attached hydrogens (tertiary/aromatic N) is 4.